The number of rotatable bonds is 8. The second kappa shape index (κ2) is 6.83. The Morgan fingerprint density at radius 3 is 2.56 bits per heavy atom. The lowest BCUT2D eigenvalue weighted by molar-refractivity contribution is -0.143. The van der Waals surface area contributed by atoms with Crippen LogP contribution in [0, 0.1) is 0 Å². The largest absolute Gasteiger partial charge is 0.480 e. The topological polar surface area (TPSA) is 75.8 Å². The van der Waals surface area contributed by atoms with Gasteiger partial charge in [-0.2, -0.15) is 0 Å². The molecule has 0 aromatic rings. The molecule has 0 fully saturated rings. The van der Waals surface area contributed by atoms with Gasteiger partial charge in [0.2, 0.25) is 0 Å². The van der Waals surface area contributed by atoms with Crippen molar-refractivity contribution in [2.75, 3.05) is 26.8 Å². The van der Waals surface area contributed by atoms with E-state index in [9.17, 15) is 4.79 Å². The first-order valence-corrected chi connectivity index (χ1v) is 5.60. The van der Waals surface area contributed by atoms with Gasteiger partial charge in [-0.3, -0.25) is 9.69 Å². The van der Waals surface area contributed by atoms with Crippen LogP contribution in [0.15, 0.2) is 0 Å². The summed E-state index contributed by atoms with van der Waals surface area (Å²) in [5.41, 5.74) is 4.56. The fourth-order valence-electron chi connectivity index (χ4n) is 1.73. The molecule has 0 spiro atoms. The Morgan fingerprint density at radius 2 is 2.19 bits per heavy atom. The molecule has 2 atom stereocenters. The van der Waals surface area contributed by atoms with Gasteiger partial charge in [0.1, 0.15) is 5.54 Å². The third-order valence-electron chi connectivity index (χ3n) is 2.82. The van der Waals surface area contributed by atoms with Gasteiger partial charge in [0, 0.05) is 19.7 Å². The molecule has 0 bridgehead atoms. The lowest BCUT2D eigenvalue weighted by Gasteiger charge is -2.32. The van der Waals surface area contributed by atoms with Crippen molar-refractivity contribution in [3.05, 3.63) is 0 Å². The number of likely N-dealkylation sites (N-methyl/N-ethyl adjacent to an activating group) is 1. The highest BCUT2D eigenvalue weighted by Crippen LogP contribution is 2.14. The van der Waals surface area contributed by atoms with Crippen LogP contribution in [0.5, 0.6) is 0 Å². The molecule has 0 saturated heterocycles. The zero-order valence-electron chi connectivity index (χ0n) is 10.7. The molecule has 0 aliphatic rings. The van der Waals surface area contributed by atoms with Crippen LogP contribution in [-0.4, -0.2) is 54.4 Å². The van der Waals surface area contributed by atoms with E-state index in [1.54, 1.807) is 14.0 Å². The maximum atomic E-state index is 10.9. The van der Waals surface area contributed by atoms with Gasteiger partial charge in [-0.25, -0.2) is 0 Å². The molecule has 0 heterocycles. The Balaban J connectivity index is 4.29. The van der Waals surface area contributed by atoms with E-state index in [1.165, 1.54) is 0 Å². The van der Waals surface area contributed by atoms with Crippen molar-refractivity contribution < 1.29 is 14.6 Å². The third kappa shape index (κ3) is 4.92. The van der Waals surface area contributed by atoms with E-state index in [1.807, 2.05) is 13.8 Å². The van der Waals surface area contributed by atoms with Crippen molar-refractivity contribution >= 4 is 5.97 Å². The van der Waals surface area contributed by atoms with Gasteiger partial charge in [0.25, 0.3) is 0 Å². The standard InChI is InChI=1S/C11H24N2O3/c1-5-13(6-7-16-4)9(2)8-11(3,12)10(14)15/h9H,5-8,12H2,1-4H3,(H,14,15). The average molecular weight is 232 g/mol. The average Bonchev–Trinajstić information content (AvgIpc) is 2.18. The SMILES string of the molecule is CCN(CCOC)C(C)CC(C)(N)C(=O)O. The van der Waals surface area contributed by atoms with Crippen molar-refractivity contribution in [3.63, 3.8) is 0 Å². The van der Waals surface area contributed by atoms with Gasteiger partial charge in [-0.05, 0) is 26.8 Å². The molecule has 0 rings (SSSR count). The van der Waals surface area contributed by atoms with E-state index in [2.05, 4.69) is 4.90 Å². The Kier molecular flexibility index (Phi) is 6.55. The monoisotopic (exact) mass is 232 g/mol. The lowest BCUT2D eigenvalue weighted by Crippen LogP contribution is -2.50. The van der Waals surface area contributed by atoms with Crippen molar-refractivity contribution in [1.82, 2.24) is 4.90 Å². The van der Waals surface area contributed by atoms with Crippen molar-refractivity contribution in [2.24, 2.45) is 5.73 Å². The van der Waals surface area contributed by atoms with Gasteiger partial charge < -0.3 is 15.6 Å². The molecule has 0 saturated carbocycles. The number of carboxylic acid groups (broad SMARTS) is 1. The molecule has 96 valence electrons. The zero-order chi connectivity index (χ0) is 12.8. The van der Waals surface area contributed by atoms with Gasteiger partial charge >= 0.3 is 5.97 Å². The molecular formula is C11H24N2O3. The van der Waals surface area contributed by atoms with E-state index < -0.39 is 11.5 Å². The Labute approximate surface area is 97.6 Å². The van der Waals surface area contributed by atoms with Gasteiger partial charge in [-0.15, -0.1) is 0 Å². The highest BCUT2D eigenvalue weighted by Gasteiger charge is 2.31. The summed E-state index contributed by atoms with van der Waals surface area (Å²) in [5, 5.41) is 8.95. The summed E-state index contributed by atoms with van der Waals surface area (Å²) in [6.45, 7) is 7.89. The minimum atomic E-state index is -1.17. The molecule has 0 aromatic heterocycles. The molecule has 0 aliphatic carbocycles. The first kappa shape index (κ1) is 15.3. The Morgan fingerprint density at radius 1 is 1.62 bits per heavy atom. The fourth-order valence-corrected chi connectivity index (χ4v) is 1.73. The molecule has 3 N–H and O–H groups in total. The number of ether oxygens (including phenoxy) is 1. The predicted molar refractivity (Wildman–Crippen MR) is 63.4 cm³/mol. The second-order valence-electron chi connectivity index (χ2n) is 4.40. The van der Waals surface area contributed by atoms with Crippen LogP contribution in [0.1, 0.15) is 27.2 Å². The smallest absolute Gasteiger partial charge is 0.323 e. The number of nitrogens with two attached hydrogens (primary N) is 1. The van der Waals surface area contributed by atoms with E-state index >= 15 is 0 Å². The zero-order valence-corrected chi connectivity index (χ0v) is 10.7. The molecule has 5 heteroatoms. The molecule has 0 amide bonds. The number of methoxy groups -OCH3 is 1. The minimum absolute atomic E-state index is 0.131. The van der Waals surface area contributed by atoms with Gasteiger partial charge in [0.15, 0.2) is 0 Å². The first-order chi connectivity index (χ1) is 7.35. The van der Waals surface area contributed by atoms with Gasteiger partial charge in [0.05, 0.1) is 6.61 Å². The highest BCUT2D eigenvalue weighted by atomic mass is 16.5. The summed E-state index contributed by atoms with van der Waals surface area (Å²) in [6.07, 6.45) is 0.430. The summed E-state index contributed by atoms with van der Waals surface area (Å²) in [5.74, 6) is -0.956. The fraction of sp³-hybridized carbons (Fsp3) is 0.909. The summed E-state index contributed by atoms with van der Waals surface area (Å²) in [4.78, 5) is 13.1. The van der Waals surface area contributed by atoms with Crippen molar-refractivity contribution in [3.8, 4) is 0 Å². The first-order valence-electron chi connectivity index (χ1n) is 5.60. The molecule has 0 aliphatic heterocycles. The Hall–Kier alpha value is -0.650. The van der Waals surface area contributed by atoms with E-state index in [0.717, 1.165) is 13.1 Å². The number of aliphatic carboxylic acids is 1. The van der Waals surface area contributed by atoms with E-state index in [-0.39, 0.29) is 6.04 Å². The molecular weight excluding hydrogens is 208 g/mol. The maximum absolute atomic E-state index is 10.9. The van der Waals surface area contributed by atoms with Crippen LogP contribution in [0.3, 0.4) is 0 Å². The second-order valence-corrected chi connectivity index (χ2v) is 4.40. The molecule has 0 radical (unpaired) electrons. The van der Waals surface area contributed by atoms with Crippen molar-refractivity contribution in [1.29, 1.82) is 0 Å². The number of carbonyl (C=O) groups is 1. The van der Waals surface area contributed by atoms with Crippen LogP contribution >= 0.6 is 0 Å². The summed E-state index contributed by atoms with van der Waals surface area (Å²) < 4.78 is 5.01. The molecule has 2 unspecified atom stereocenters. The van der Waals surface area contributed by atoms with Crippen LogP contribution in [-0.2, 0) is 9.53 Å². The van der Waals surface area contributed by atoms with Crippen LogP contribution in [0.25, 0.3) is 0 Å². The third-order valence-corrected chi connectivity index (χ3v) is 2.82. The number of nitrogens with zero attached hydrogens (tertiary/aromatic N) is 1. The Bertz CT molecular complexity index is 219. The number of hydrogen-bond acceptors (Lipinski definition) is 4. The van der Waals surface area contributed by atoms with E-state index in [0.29, 0.717) is 13.0 Å². The molecule has 16 heavy (non-hydrogen) atoms. The summed E-state index contributed by atoms with van der Waals surface area (Å²) in [6, 6.07) is 0.131. The lowest BCUT2D eigenvalue weighted by atomic mass is 9.94. The number of carboxylic acids is 1. The van der Waals surface area contributed by atoms with Gasteiger partial charge in [-0.1, -0.05) is 6.92 Å². The minimum Gasteiger partial charge on any atom is -0.480 e. The van der Waals surface area contributed by atoms with Crippen molar-refractivity contribution in [2.45, 2.75) is 38.8 Å². The highest BCUT2D eigenvalue weighted by molar-refractivity contribution is 5.77. The predicted octanol–water partition coefficient (Wildman–Crippen LogP) is 0.535. The van der Waals surface area contributed by atoms with E-state index in [4.69, 9.17) is 15.6 Å². The van der Waals surface area contributed by atoms with Crippen LogP contribution in [0.4, 0.5) is 0 Å². The van der Waals surface area contributed by atoms with Crippen LogP contribution < -0.4 is 5.73 Å². The van der Waals surface area contributed by atoms with Crippen LogP contribution in [0.2, 0.25) is 0 Å². The normalized spacial score (nSPS) is 17.1. The summed E-state index contributed by atoms with van der Waals surface area (Å²) in [7, 11) is 1.66. The number of hydrogen-bond donors (Lipinski definition) is 2. The molecule has 5 nitrogen and oxygen atoms in total. The maximum Gasteiger partial charge on any atom is 0.323 e. The quantitative estimate of drug-likeness (QED) is 0.638. The molecule has 0 aromatic carbocycles. The summed E-state index contributed by atoms with van der Waals surface area (Å²) >= 11 is 0.